The molecule has 0 spiro atoms. The molecule has 4 heteroatoms. The van der Waals surface area contributed by atoms with Crippen LogP contribution in [0, 0.1) is 0 Å². The molecule has 0 saturated heterocycles. The Morgan fingerprint density at radius 1 is 1.32 bits per heavy atom. The van der Waals surface area contributed by atoms with E-state index >= 15 is 0 Å². The third kappa shape index (κ3) is 3.07. The molecule has 19 heavy (non-hydrogen) atoms. The third-order valence-electron chi connectivity index (χ3n) is 4.17. The van der Waals surface area contributed by atoms with Crippen molar-refractivity contribution in [1.82, 2.24) is 4.98 Å². The van der Waals surface area contributed by atoms with E-state index in [1.807, 2.05) is 13.0 Å². The number of hydrogen-bond acceptors (Lipinski definition) is 4. The summed E-state index contributed by atoms with van der Waals surface area (Å²) in [6.07, 6.45) is 10.4. The van der Waals surface area contributed by atoms with E-state index in [-0.39, 0.29) is 11.6 Å². The number of nitrogens with two attached hydrogens (primary N) is 2. The summed E-state index contributed by atoms with van der Waals surface area (Å²) < 4.78 is 6.11. The molecule has 0 amide bonds. The summed E-state index contributed by atoms with van der Waals surface area (Å²) in [4.78, 5) is 4.16. The van der Waals surface area contributed by atoms with E-state index in [0.717, 1.165) is 18.4 Å². The van der Waals surface area contributed by atoms with Gasteiger partial charge in [-0.2, -0.15) is 0 Å². The SMILES string of the molecule is CCOC1(C(N)c2cnccc2N)CCCCCC1. The lowest BCUT2D eigenvalue weighted by atomic mass is 9.82. The minimum absolute atomic E-state index is 0.195. The summed E-state index contributed by atoms with van der Waals surface area (Å²) in [5.74, 6) is 0. The highest BCUT2D eigenvalue weighted by atomic mass is 16.5. The molecule has 1 fully saturated rings. The first-order chi connectivity index (χ1) is 9.19. The highest BCUT2D eigenvalue weighted by molar-refractivity contribution is 5.47. The number of hydrogen-bond donors (Lipinski definition) is 2. The largest absolute Gasteiger partial charge is 0.398 e. The van der Waals surface area contributed by atoms with Gasteiger partial charge in [-0.05, 0) is 25.8 Å². The van der Waals surface area contributed by atoms with Crippen molar-refractivity contribution in [2.75, 3.05) is 12.3 Å². The monoisotopic (exact) mass is 263 g/mol. The van der Waals surface area contributed by atoms with Gasteiger partial charge in [0.25, 0.3) is 0 Å². The second kappa shape index (κ2) is 6.35. The van der Waals surface area contributed by atoms with E-state index in [9.17, 15) is 0 Å². The second-order valence-corrected chi connectivity index (χ2v) is 5.39. The molecule has 4 nitrogen and oxygen atoms in total. The smallest absolute Gasteiger partial charge is 0.0875 e. The average Bonchev–Trinajstić information content (AvgIpc) is 2.66. The van der Waals surface area contributed by atoms with E-state index in [1.165, 1.54) is 25.7 Å². The fourth-order valence-electron chi connectivity index (χ4n) is 3.12. The fraction of sp³-hybridized carbons (Fsp3) is 0.667. The molecule has 0 aliphatic heterocycles. The maximum absolute atomic E-state index is 6.52. The van der Waals surface area contributed by atoms with Crippen LogP contribution in [0.15, 0.2) is 18.5 Å². The van der Waals surface area contributed by atoms with Gasteiger partial charge in [-0.15, -0.1) is 0 Å². The van der Waals surface area contributed by atoms with Crippen LogP contribution in [-0.4, -0.2) is 17.2 Å². The van der Waals surface area contributed by atoms with Gasteiger partial charge in [0.1, 0.15) is 0 Å². The van der Waals surface area contributed by atoms with Crippen LogP contribution in [0.1, 0.15) is 57.1 Å². The summed E-state index contributed by atoms with van der Waals surface area (Å²) >= 11 is 0. The molecule has 0 radical (unpaired) electrons. The van der Waals surface area contributed by atoms with E-state index in [0.29, 0.717) is 12.3 Å². The second-order valence-electron chi connectivity index (χ2n) is 5.39. The van der Waals surface area contributed by atoms with E-state index < -0.39 is 0 Å². The molecule has 0 bridgehead atoms. The molecule has 1 heterocycles. The molecule has 1 aliphatic carbocycles. The zero-order valence-electron chi connectivity index (χ0n) is 11.8. The van der Waals surface area contributed by atoms with Gasteiger partial charge in [0.2, 0.25) is 0 Å². The Balaban J connectivity index is 2.29. The number of ether oxygens (including phenoxy) is 1. The Labute approximate surface area is 115 Å². The highest BCUT2D eigenvalue weighted by Crippen LogP contribution is 2.40. The molecule has 106 valence electrons. The predicted molar refractivity (Wildman–Crippen MR) is 77.6 cm³/mol. The summed E-state index contributed by atoms with van der Waals surface area (Å²) in [6.45, 7) is 2.72. The quantitative estimate of drug-likeness (QED) is 0.819. The Bertz CT molecular complexity index is 400. The number of pyridine rings is 1. The normalized spacial score (nSPS) is 20.7. The van der Waals surface area contributed by atoms with E-state index in [1.54, 1.807) is 12.4 Å². The Kier molecular flexibility index (Phi) is 4.77. The minimum Gasteiger partial charge on any atom is -0.398 e. The van der Waals surface area contributed by atoms with Crippen molar-refractivity contribution < 1.29 is 4.74 Å². The first-order valence-corrected chi connectivity index (χ1v) is 7.28. The topological polar surface area (TPSA) is 74.2 Å². The highest BCUT2D eigenvalue weighted by Gasteiger charge is 2.39. The molecule has 1 aromatic rings. The molecule has 0 aromatic carbocycles. The Morgan fingerprint density at radius 3 is 2.58 bits per heavy atom. The van der Waals surface area contributed by atoms with E-state index in [4.69, 9.17) is 16.2 Å². The fourth-order valence-corrected chi connectivity index (χ4v) is 3.12. The lowest BCUT2D eigenvalue weighted by molar-refractivity contribution is -0.0695. The number of anilines is 1. The van der Waals surface area contributed by atoms with Crippen LogP contribution in [0.25, 0.3) is 0 Å². The van der Waals surface area contributed by atoms with Crippen LogP contribution in [0.2, 0.25) is 0 Å². The summed E-state index contributed by atoms with van der Waals surface area (Å²) in [5.41, 5.74) is 13.9. The zero-order chi connectivity index (χ0) is 13.7. The van der Waals surface area contributed by atoms with Crippen molar-refractivity contribution in [2.24, 2.45) is 5.73 Å². The van der Waals surface area contributed by atoms with Gasteiger partial charge in [0, 0.05) is 30.3 Å². The maximum Gasteiger partial charge on any atom is 0.0875 e. The Morgan fingerprint density at radius 2 is 2.00 bits per heavy atom. The molecular formula is C15H25N3O. The molecule has 4 N–H and O–H groups in total. The van der Waals surface area contributed by atoms with Crippen molar-refractivity contribution in [3.63, 3.8) is 0 Å². The molecule has 1 atom stereocenters. The van der Waals surface area contributed by atoms with Gasteiger partial charge in [0.05, 0.1) is 11.6 Å². The zero-order valence-corrected chi connectivity index (χ0v) is 11.8. The van der Waals surface area contributed by atoms with Crippen LogP contribution < -0.4 is 11.5 Å². The van der Waals surface area contributed by atoms with Crippen LogP contribution in [0.4, 0.5) is 5.69 Å². The molecular weight excluding hydrogens is 238 g/mol. The number of aromatic nitrogens is 1. The average molecular weight is 263 g/mol. The number of nitrogen functional groups attached to an aromatic ring is 1. The van der Waals surface area contributed by atoms with Crippen LogP contribution in [-0.2, 0) is 4.74 Å². The predicted octanol–water partition coefficient (Wildman–Crippen LogP) is 2.79. The first-order valence-electron chi connectivity index (χ1n) is 7.28. The molecule has 1 aliphatic rings. The number of rotatable bonds is 4. The summed E-state index contributed by atoms with van der Waals surface area (Å²) in [7, 11) is 0. The lowest BCUT2D eigenvalue weighted by Crippen LogP contribution is -2.44. The third-order valence-corrected chi connectivity index (χ3v) is 4.17. The van der Waals surface area contributed by atoms with Crippen molar-refractivity contribution in [3.8, 4) is 0 Å². The van der Waals surface area contributed by atoms with Crippen molar-refractivity contribution in [1.29, 1.82) is 0 Å². The standard InChI is InChI=1S/C15H25N3O/c1-2-19-15(8-5-3-4-6-9-15)14(17)12-11-18-10-7-13(12)16/h7,10-11,14H,2-6,8-9,17H2,1H3,(H2,16,18). The molecule has 1 aromatic heterocycles. The minimum atomic E-state index is -0.275. The van der Waals surface area contributed by atoms with Crippen LogP contribution in [0.5, 0.6) is 0 Å². The van der Waals surface area contributed by atoms with Gasteiger partial charge < -0.3 is 16.2 Å². The van der Waals surface area contributed by atoms with Crippen molar-refractivity contribution >= 4 is 5.69 Å². The molecule has 2 rings (SSSR count). The molecule has 1 saturated carbocycles. The lowest BCUT2D eigenvalue weighted by Gasteiger charge is -2.38. The van der Waals surface area contributed by atoms with Gasteiger partial charge in [0.15, 0.2) is 0 Å². The summed E-state index contributed by atoms with van der Waals surface area (Å²) in [6, 6.07) is 1.62. The Hall–Kier alpha value is -1.13. The number of nitrogens with zero attached hydrogens (tertiary/aromatic N) is 1. The first kappa shape index (κ1) is 14.3. The molecule has 1 unspecified atom stereocenters. The summed E-state index contributed by atoms with van der Waals surface area (Å²) in [5, 5.41) is 0. The van der Waals surface area contributed by atoms with Gasteiger partial charge >= 0.3 is 0 Å². The van der Waals surface area contributed by atoms with Crippen LogP contribution in [0.3, 0.4) is 0 Å². The van der Waals surface area contributed by atoms with Gasteiger partial charge in [-0.3, -0.25) is 4.98 Å². The van der Waals surface area contributed by atoms with Crippen molar-refractivity contribution in [3.05, 3.63) is 24.0 Å². The van der Waals surface area contributed by atoms with Crippen molar-refractivity contribution in [2.45, 2.75) is 57.1 Å². The van der Waals surface area contributed by atoms with E-state index in [2.05, 4.69) is 4.98 Å². The van der Waals surface area contributed by atoms with Gasteiger partial charge in [-0.25, -0.2) is 0 Å². The maximum atomic E-state index is 6.52. The van der Waals surface area contributed by atoms with Gasteiger partial charge in [-0.1, -0.05) is 25.7 Å². The van der Waals surface area contributed by atoms with Crippen LogP contribution >= 0.6 is 0 Å².